The molecule has 0 aliphatic carbocycles. The molecule has 0 aromatic carbocycles. The first-order valence-corrected chi connectivity index (χ1v) is 27.0. The van der Waals surface area contributed by atoms with Crippen molar-refractivity contribution in [3.8, 4) is 0 Å². The molecular weight excluding hydrogens is 800 g/mol. The zero-order chi connectivity index (χ0) is 44.7. The average molecular weight is 909 g/mol. The molecule has 0 fully saturated rings. The first-order chi connectivity index (χ1) is 29.3. The summed E-state index contributed by atoms with van der Waals surface area (Å²) in [5.41, 5.74) is 0. The Kier molecular flexibility index (Phi) is 69.0. The van der Waals surface area contributed by atoms with Gasteiger partial charge in [-0.2, -0.15) is 0 Å². The molecule has 0 spiro atoms. The normalized spacial score (nSPS) is 10.7. The summed E-state index contributed by atoms with van der Waals surface area (Å²) in [6, 6.07) is 0. The Labute approximate surface area is 392 Å². The van der Waals surface area contributed by atoms with Gasteiger partial charge in [0.1, 0.15) is 0 Å². The molecule has 0 aromatic heterocycles. The van der Waals surface area contributed by atoms with Crippen molar-refractivity contribution in [2.75, 3.05) is 0 Å². The zero-order valence-electron chi connectivity index (χ0n) is 41.4. The van der Waals surface area contributed by atoms with Crippen molar-refractivity contribution in [3.05, 3.63) is 0 Å². The monoisotopic (exact) mass is 909 g/mol. The van der Waals surface area contributed by atoms with Crippen LogP contribution in [0.5, 0.6) is 0 Å². The summed E-state index contributed by atoms with van der Waals surface area (Å²) in [4.78, 5) is 31.0. The molecular formula is C54H108FeO6. The van der Waals surface area contributed by atoms with Crippen molar-refractivity contribution < 1.29 is 46.8 Å². The number of aliphatic carboxylic acids is 3. The molecule has 0 unspecified atom stereocenters. The van der Waals surface area contributed by atoms with Gasteiger partial charge in [0.2, 0.25) is 0 Å². The zero-order valence-corrected chi connectivity index (χ0v) is 42.5. The predicted octanol–water partition coefficient (Wildman–Crippen LogP) is 19.0. The number of carboxylic acid groups (broad SMARTS) is 3. The quantitative estimate of drug-likeness (QED) is 0.0414. The summed E-state index contributed by atoms with van der Waals surface area (Å²) in [5.74, 6) is -1.96. The van der Waals surface area contributed by atoms with Crippen LogP contribution in [0.25, 0.3) is 0 Å². The molecule has 0 aliphatic heterocycles. The fourth-order valence-electron chi connectivity index (χ4n) is 7.94. The Morgan fingerprint density at radius 1 is 0.213 bits per heavy atom. The van der Waals surface area contributed by atoms with E-state index in [-0.39, 0.29) is 17.1 Å². The van der Waals surface area contributed by atoms with Crippen LogP contribution < -0.4 is 0 Å². The maximum atomic E-state index is 10.3. The van der Waals surface area contributed by atoms with Gasteiger partial charge in [-0.25, -0.2) is 0 Å². The Balaban J connectivity index is -0.000000396. The van der Waals surface area contributed by atoms with Crippen molar-refractivity contribution >= 4 is 17.9 Å². The van der Waals surface area contributed by atoms with E-state index >= 15 is 0 Å². The predicted molar refractivity (Wildman–Crippen MR) is 262 cm³/mol. The molecule has 0 aliphatic rings. The van der Waals surface area contributed by atoms with Crippen LogP contribution in [0.15, 0.2) is 0 Å². The van der Waals surface area contributed by atoms with Crippen LogP contribution >= 0.6 is 0 Å². The van der Waals surface area contributed by atoms with Gasteiger partial charge in [-0.1, -0.05) is 290 Å². The molecule has 0 heterocycles. The van der Waals surface area contributed by atoms with E-state index < -0.39 is 17.9 Å². The van der Waals surface area contributed by atoms with Gasteiger partial charge in [-0.15, -0.1) is 0 Å². The third-order valence-electron chi connectivity index (χ3n) is 12.0. The molecule has 0 bridgehead atoms. The van der Waals surface area contributed by atoms with E-state index in [1.807, 2.05) is 0 Å². The minimum absolute atomic E-state index is 0. The van der Waals surface area contributed by atoms with Crippen LogP contribution in [0.4, 0.5) is 0 Å². The van der Waals surface area contributed by atoms with Gasteiger partial charge >= 0.3 is 17.9 Å². The minimum atomic E-state index is -0.653. The van der Waals surface area contributed by atoms with Crippen LogP contribution in [0.3, 0.4) is 0 Å². The van der Waals surface area contributed by atoms with Crippen molar-refractivity contribution in [1.82, 2.24) is 0 Å². The van der Waals surface area contributed by atoms with E-state index in [2.05, 4.69) is 20.8 Å². The third kappa shape index (κ3) is 76.6. The smallest absolute Gasteiger partial charge is 0.303 e. The van der Waals surface area contributed by atoms with E-state index in [0.29, 0.717) is 19.3 Å². The second-order valence-corrected chi connectivity index (χ2v) is 18.3. The molecule has 0 rings (SSSR count). The topological polar surface area (TPSA) is 112 Å². The molecule has 368 valence electrons. The van der Waals surface area contributed by atoms with Gasteiger partial charge in [0.25, 0.3) is 0 Å². The van der Waals surface area contributed by atoms with E-state index in [1.165, 1.54) is 250 Å². The maximum Gasteiger partial charge on any atom is 0.303 e. The van der Waals surface area contributed by atoms with Crippen molar-refractivity contribution in [1.29, 1.82) is 0 Å². The van der Waals surface area contributed by atoms with E-state index in [4.69, 9.17) is 15.3 Å². The van der Waals surface area contributed by atoms with E-state index in [1.54, 1.807) is 0 Å². The molecule has 0 aromatic rings. The summed E-state index contributed by atoms with van der Waals surface area (Å²) >= 11 is 0. The molecule has 3 N–H and O–H groups in total. The molecule has 7 heteroatoms. The third-order valence-corrected chi connectivity index (χ3v) is 12.0. The molecule has 0 radical (unpaired) electrons. The van der Waals surface area contributed by atoms with Gasteiger partial charge in [0.05, 0.1) is 0 Å². The Morgan fingerprint density at radius 3 is 0.410 bits per heavy atom. The number of carbonyl (C=O) groups is 3. The summed E-state index contributed by atoms with van der Waals surface area (Å²) in [7, 11) is 0. The minimum Gasteiger partial charge on any atom is -0.481 e. The summed E-state index contributed by atoms with van der Waals surface area (Å²) in [5, 5.41) is 25.6. The number of carboxylic acids is 3. The van der Waals surface area contributed by atoms with Gasteiger partial charge in [0, 0.05) is 36.3 Å². The molecule has 61 heavy (non-hydrogen) atoms. The summed E-state index contributed by atoms with van der Waals surface area (Å²) < 4.78 is 0. The standard InChI is InChI=1S/3C18H36O2.Fe/c3*1-2-3-4-5-6-7-8-9-10-11-12-13-14-15-16-17-18(19)20;/h3*2-17H2,1H3,(H,19,20);. The van der Waals surface area contributed by atoms with E-state index in [0.717, 1.165) is 38.5 Å². The second-order valence-electron chi connectivity index (χ2n) is 18.3. The maximum absolute atomic E-state index is 10.3. The SMILES string of the molecule is CCCCCCCCCCCCCCCCCC(=O)O.CCCCCCCCCCCCCCCCCC(=O)O.CCCCCCCCCCCCCCCCCC(=O)O.[Fe]. The Morgan fingerprint density at radius 2 is 0.311 bits per heavy atom. The van der Waals surface area contributed by atoms with Crippen LogP contribution in [0.1, 0.15) is 329 Å². The van der Waals surface area contributed by atoms with Gasteiger partial charge in [-0.05, 0) is 19.3 Å². The largest absolute Gasteiger partial charge is 0.481 e. The number of rotatable bonds is 48. The molecule has 0 amide bonds. The van der Waals surface area contributed by atoms with Crippen LogP contribution in [-0.4, -0.2) is 33.2 Å². The number of unbranched alkanes of at least 4 members (excludes halogenated alkanes) is 42. The Bertz CT molecular complexity index is 717. The van der Waals surface area contributed by atoms with Crippen LogP contribution in [0, 0.1) is 0 Å². The molecule has 0 saturated heterocycles. The van der Waals surface area contributed by atoms with Crippen molar-refractivity contribution in [3.63, 3.8) is 0 Å². The number of hydrogen-bond acceptors (Lipinski definition) is 3. The fraction of sp³-hybridized carbons (Fsp3) is 0.944. The van der Waals surface area contributed by atoms with Gasteiger partial charge in [0.15, 0.2) is 0 Å². The van der Waals surface area contributed by atoms with Crippen LogP contribution in [0.2, 0.25) is 0 Å². The van der Waals surface area contributed by atoms with Crippen molar-refractivity contribution in [2.24, 2.45) is 0 Å². The fourth-order valence-corrected chi connectivity index (χ4v) is 7.94. The average Bonchev–Trinajstić information content (AvgIpc) is 3.22. The summed E-state index contributed by atoms with van der Waals surface area (Å²) in [6.07, 6.45) is 60.6. The van der Waals surface area contributed by atoms with Gasteiger partial charge < -0.3 is 15.3 Å². The first-order valence-electron chi connectivity index (χ1n) is 27.0. The second kappa shape index (κ2) is 63.2. The molecule has 0 atom stereocenters. The Hall–Kier alpha value is -1.07. The summed E-state index contributed by atoms with van der Waals surface area (Å²) in [6.45, 7) is 6.81. The number of hydrogen-bond donors (Lipinski definition) is 3. The molecule has 6 nitrogen and oxygen atoms in total. The van der Waals surface area contributed by atoms with Crippen LogP contribution in [-0.2, 0) is 31.5 Å². The van der Waals surface area contributed by atoms with E-state index in [9.17, 15) is 14.4 Å². The van der Waals surface area contributed by atoms with Gasteiger partial charge in [-0.3, -0.25) is 14.4 Å². The first kappa shape index (κ1) is 66.5. The molecule has 0 saturated carbocycles. The van der Waals surface area contributed by atoms with Crippen molar-refractivity contribution in [2.45, 2.75) is 329 Å².